The van der Waals surface area contributed by atoms with Gasteiger partial charge in [0.1, 0.15) is 11.9 Å². The maximum Gasteiger partial charge on any atom is 0.123 e. The van der Waals surface area contributed by atoms with Gasteiger partial charge in [0.2, 0.25) is 0 Å². The summed E-state index contributed by atoms with van der Waals surface area (Å²) in [5.41, 5.74) is 8.00. The summed E-state index contributed by atoms with van der Waals surface area (Å²) in [6.07, 6.45) is 5.55. The monoisotopic (exact) mass is 189 g/mol. The molecule has 2 heteroatoms. The average Bonchev–Trinajstić information content (AvgIpc) is 2.56. The molecule has 2 atom stereocenters. The Balaban J connectivity index is 2.02. The molecule has 1 aromatic carbocycles. The van der Waals surface area contributed by atoms with Gasteiger partial charge in [-0.15, -0.1) is 0 Å². The number of hydrogen-bond acceptors (Lipinski definition) is 2. The molecule has 0 radical (unpaired) electrons. The Kier molecular flexibility index (Phi) is 1.69. The highest BCUT2D eigenvalue weighted by Gasteiger charge is 2.35. The molecular weight excluding hydrogens is 174 g/mol. The van der Waals surface area contributed by atoms with Crippen LogP contribution in [0.15, 0.2) is 18.2 Å². The zero-order valence-corrected chi connectivity index (χ0v) is 8.20. The van der Waals surface area contributed by atoms with Crippen molar-refractivity contribution in [2.45, 2.75) is 37.7 Å². The first-order chi connectivity index (χ1) is 6.84. The largest absolute Gasteiger partial charge is 0.489 e. The lowest BCUT2D eigenvalue weighted by Crippen LogP contribution is -2.22. The molecule has 0 spiro atoms. The van der Waals surface area contributed by atoms with Gasteiger partial charge in [-0.2, -0.15) is 0 Å². The van der Waals surface area contributed by atoms with Crippen LogP contribution in [0.4, 0.5) is 5.69 Å². The quantitative estimate of drug-likeness (QED) is 0.637. The molecule has 3 rings (SSSR count). The number of benzene rings is 1. The molecule has 2 N–H and O–H groups in total. The van der Waals surface area contributed by atoms with Gasteiger partial charge in [0.25, 0.3) is 0 Å². The predicted octanol–water partition coefficient (Wildman–Crippen LogP) is 2.69. The van der Waals surface area contributed by atoms with Gasteiger partial charge in [0.05, 0.1) is 0 Å². The minimum absolute atomic E-state index is 0.431. The molecule has 2 nitrogen and oxygen atoms in total. The standard InChI is InChI=1S/C12H15NO/c13-8-5-6-12-10(7-8)9-3-1-2-4-11(9)14-12/h5-7,9,11H,1-4,13H2/t9-,11-/m0/s1. The fourth-order valence-corrected chi connectivity index (χ4v) is 2.72. The number of fused-ring (bicyclic) bond motifs is 3. The summed E-state index contributed by atoms with van der Waals surface area (Å²) in [5.74, 6) is 1.68. The lowest BCUT2D eigenvalue weighted by Gasteiger charge is -2.23. The van der Waals surface area contributed by atoms with Gasteiger partial charge in [-0.3, -0.25) is 0 Å². The number of ether oxygens (including phenoxy) is 1. The molecule has 1 aliphatic carbocycles. The van der Waals surface area contributed by atoms with Crippen LogP contribution in [-0.4, -0.2) is 6.10 Å². The first-order valence-electron chi connectivity index (χ1n) is 5.41. The van der Waals surface area contributed by atoms with E-state index >= 15 is 0 Å². The highest BCUT2D eigenvalue weighted by atomic mass is 16.5. The van der Waals surface area contributed by atoms with Gasteiger partial charge < -0.3 is 10.5 Å². The molecule has 0 bridgehead atoms. The van der Waals surface area contributed by atoms with Crippen molar-refractivity contribution in [2.75, 3.05) is 5.73 Å². The van der Waals surface area contributed by atoms with Crippen molar-refractivity contribution in [2.24, 2.45) is 0 Å². The van der Waals surface area contributed by atoms with Crippen LogP contribution in [0.1, 0.15) is 37.2 Å². The molecule has 0 unspecified atom stereocenters. The van der Waals surface area contributed by atoms with Crippen LogP contribution in [0, 0.1) is 0 Å². The van der Waals surface area contributed by atoms with Crippen molar-refractivity contribution >= 4 is 5.69 Å². The van der Waals surface area contributed by atoms with E-state index in [-0.39, 0.29) is 0 Å². The summed E-state index contributed by atoms with van der Waals surface area (Å²) < 4.78 is 5.91. The summed E-state index contributed by atoms with van der Waals surface area (Å²) in [6.45, 7) is 0. The predicted molar refractivity (Wildman–Crippen MR) is 56.5 cm³/mol. The van der Waals surface area contributed by atoms with Crippen molar-refractivity contribution in [3.8, 4) is 5.75 Å². The van der Waals surface area contributed by atoms with Crippen LogP contribution >= 0.6 is 0 Å². The molecule has 0 amide bonds. The van der Waals surface area contributed by atoms with E-state index in [1.165, 1.54) is 31.2 Å². The maximum atomic E-state index is 5.91. The van der Waals surface area contributed by atoms with Crippen molar-refractivity contribution in [3.63, 3.8) is 0 Å². The van der Waals surface area contributed by atoms with E-state index in [0.29, 0.717) is 12.0 Å². The third-order valence-electron chi connectivity index (χ3n) is 3.41. The van der Waals surface area contributed by atoms with Crippen molar-refractivity contribution in [1.29, 1.82) is 0 Å². The van der Waals surface area contributed by atoms with E-state index in [1.807, 2.05) is 12.1 Å². The number of anilines is 1. The summed E-state index contributed by atoms with van der Waals surface area (Å²) in [4.78, 5) is 0. The van der Waals surface area contributed by atoms with E-state index in [1.54, 1.807) is 0 Å². The third kappa shape index (κ3) is 1.10. The molecule has 1 saturated carbocycles. The minimum atomic E-state index is 0.431. The number of nitrogens with two attached hydrogens (primary N) is 1. The molecule has 1 aromatic rings. The first kappa shape index (κ1) is 8.16. The van der Waals surface area contributed by atoms with E-state index in [0.717, 1.165) is 11.4 Å². The summed E-state index contributed by atoms with van der Waals surface area (Å²) in [6, 6.07) is 6.03. The highest BCUT2D eigenvalue weighted by molar-refractivity contribution is 5.51. The molecule has 1 aliphatic heterocycles. The molecule has 74 valence electrons. The molecule has 2 aliphatic rings. The third-order valence-corrected chi connectivity index (χ3v) is 3.41. The Hall–Kier alpha value is -1.18. The second kappa shape index (κ2) is 2.91. The highest BCUT2D eigenvalue weighted by Crippen LogP contribution is 2.45. The van der Waals surface area contributed by atoms with Crippen LogP contribution in [0.5, 0.6) is 5.75 Å². The second-order valence-corrected chi connectivity index (χ2v) is 4.34. The van der Waals surface area contributed by atoms with E-state index in [2.05, 4.69) is 6.07 Å². The summed E-state index contributed by atoms with van der Waals surface area (Å²) in [7, 11) is 0. The fraction of sp³-hybridized carbons (Fsp3) is 0.500. The van der Waals surface area contributed by atoms with Crippen LogP contribution < -0.4 is 10.5 Å². The van der Waals surface area contributed by atoms with E-state index < -0.39 is 0 Å². The van der Waals surface area contributed by atoms with Crippen LogP contribution in [0.25, 0.3) is 0 Å². The van der Waals surface area contributed by atoms with Crippen LogP contribution in [0.2, 0.25) is 0 Å². The fourth-order valence-electron chi connectivity index (χ4n) is 2.72. The van der Waals surface area contributed by atoms with Gasteiger partial charge >= 0.3 is 0 Å². The second-order valence-electron chi connectivity index (χ2n) is 4.34. The Morgan fingerprint density at radius 3 is 3.00 bits per heavy atom. The summed E-state index contributed by atoms with van der Waals surface area (Å²) >= 11 is 0. The Labute approximate surface area is 84.1 Å². The lowest BCUT2D eigenvalue weighted by molar-refractivity contribution is 0.164. The van der Waals surface area contributed by atoms with Gasteiger partial charge in [-0.05, 0) is 37.5 Å². The Morgan fingerprint density at radius 2 is 2.07 bits per heavy atom. The van der Waals surface area contributed by atoms with Crippen molar-refractivity contribution < 1.29 is 4.74 Å². The molecule has 0 aromatic heterocycles. The van der Waals surface area contributed by atoms with Gasteiger partial charge in [0.15, 0.2) is 0 Å². The minimum Gasteiger partial charge on any atom is -0.489 e. The molecule has 1 heterocycles. The first-order valence-corrected chi connectivity index (χ1v) is 5.41. The molecule has 14 heavy (non-hydrogen) atoms. The number of hydrogen-bond donors (Lipinski definition) is 1. The van der Waals surface area contributed by atoms with E-state index in [9.17, 15) is 0 Å². The van der Waals surface area contributed by atoms with Crippen molar-refractivity contribution in [1.82, 2.24) is 0 Å². The number of rotatable bonds is 0. The summed E-state index contributed by atoms with van der Waals surface area (Å²) in [5, 5.41) is 0. The molecule has 1 fully saturated rings. The molecule has 0 saturated heterocycles. The zero-order valence-electron chi connectivity index (χ0n) is 8.20. The smallest absolute Gasteiger partial charge is 0.123 e. The topological polar surface area (TPSA) is 35.2 Å². The Bertz CT molecular complexity index is 361. The SMILES string of the molecule is Nc1ccc2c(c1)[C@@H]1CCCC[C@@H]1O2. The van der Waals surface area contributed by atoms with Crippen molar-refractivity contribution in [3.05, 3.63) is 23.8 Å². The maximum absolute atomic E-state index is 5.91. The van der Waals surface area contributed by atoms with E-state index in [4.69, 9.17) is 10.5 Å². The van der Waals surface area contributed by atoms with Crippen LogP contribution in [-0.2, 0) is 0 Å². The Morgan fingerprint density at radius 1 is 1.21 bits per heavy atom. The lowest BCUT2D eigenvalue weighted by atomic mass is 9.83. The number of nitrogen functional groups attached to an aromatic ring is 1. The van der Waals surface area contributed by atoms with Gasteiger partial charge in [-0.25, -0.2) is 0 Å². The molecular formula is C12H15NO. The average molecular weight is 189 g/mol. The van der Waals surface area contributed by atoms with Crippen LogP contribution in [0.3, 0.4) is 0 Å². The van der Waals surface area contributed by atoms with Gasteiger partial charge in [0, 0.05) is 17.2 Å². The zero-order chi connectivity index (χ0) is 9.54. The van der Waals surface area contributed by atoms with Gasteiger partial charge in [-0.1, -0.05) is 6.42 Å². The normalized spacial score (nSPS) is 29.1.